The first kappa shape index (κ1) is 15.5. The number of amides is 1. The molecular weight excluding hydrogens is 286 g/mol. The molecule has 0 aliphatic heterocycles. The monoisotopic (exact) mass is 305 g/mol. The van der Waals surface area contributed by atoms with Crippen molar-refractivity contribution in [3.05, 3.63) is 51.7 Å². The number of thiophene rings is 1. The van der Waals surface area contributed by atoms with Gasteiger partial charge in [-0.3, -0.25) is 15.1 Å². The van der Waals surface area contributed by atoms with Crippen molar-refractivity contribution in [2.24, 2.45) is 5.84 Å². The number of carbonyl (C=O) groups excluding carboxylic acids is 1. The summed E-state index contributed by atoms with van der Waals surface area (Å²) in [6.45, 7) is 1.59. The number of hydrazine groups is 1. The highest BCUT2D eigenvalue weighted by Crippen LogP contribution is 2.19. The molecule has 0 fully saturated rings. The number of carbonyl (C=O) groups is 1. The Morgan fingerprint density at radius 2 is 2.14 bits per heavy atom. The number of benzene rings is 1. The third kappa shape index (κ3) is 4.29. The number of hydrogen-bond donors (Lipinski definition) is 2. The van der Waals surface area contributed by atoms with Crippen molar-refractivity contribution in [3.8, 4) is 5.75 Å². The van der Waals surface area contributed by atoms with Gasteiger partial charge in [-0.25, -0.2) is 5.84 Å². The lowest BCUT2D eigenvalue weighted by atomic mass is 10.2. The fourth-order valence-corrected chi connectivity index (χ4v) is 3.05. The minimum Gasteiger partial charge on any atom is -0.497 e. The van der Waals surface area contributed by atoms with Gasteiger partial charge in [-0.1, -0.05) is 12.1 Å². The molecule has 0 bridgehead atoms. The van der Waals surface area contributed by atoms with Crippen LogP contribution in [0.1, 0.15) is 20.1 Å². The summed E-state index contributed by atoms with van der Waals surface area (Å²) in [5, 5.41) is 0. The zero-order valence-corrected chi connectivity index (χ0v) is 12.9. The maximum atomic E-state index is 11.4. The van der Waals surface area contributed by atoms with Crippen LogP contribution in [0.2, 0.25) is 0 Å². The molecule has 1 heterocycles. The highest BCUT2D eigenvalue weighted by atomic mass is 32.1. The van der Waals surface area contributed by atoms with Gasteiger partial charge in [0, 0.05) is 18.0 Å². The number of methoxy groups -OCH3 is 1. The van der Waals surface area contributed by atoms with Crippen molar-refractivity contribution in [3.63, 3.8) is 0 Å². The molecule has 0 spiro atoms. The fourth-order valence-electron chi connectivity index (χ4n) is 2.06. The maximum Gasteiger partial charge on any atom is 0.275 e. The molecule has 0 aliphatic carbocycles. The molecule has 0 unspecified atom stereocenters. The lowest BCUT2D eigenvalue weighted by Gasteiger charge is -2.16. The van der Waals surface area contributed by atoms with Crippen LogP contribution in [0, 0.1) is 0 Å². The van der Waals surface area contributed by atoms with E-state index in [1.807, 2.05) is 31.3 Å². The van der Waals surface area contributed by atoms with Gasteiger partial charge < -0.3 is 4.74 Å². The largest absolute Gasteiger partial charge is 0.497 e. The minimum absolute atomic E-state index is 0.248. The van der Waals surface area contributed by atoms with E-state index in [4.69, 9.17) is 10.6 Å². The van der Waals surface area contributed by atoms with Gasteiger partial charge in [0.2, 0.25) is 0 Å². The summed E-state index contributed by atoms with van der Waals surface area (Å²) in [5.74, 6) is 5.74. The predicted octanol–water partition coefficient (Wildman–Crippen LogP) is 1.99. The summed E-state index contributed by atoms with van der Waals surface area (Å²) in [6.07, 6.45) is 0. The first-order valence-electron chi connectivity index (χ1n) is 6.53. The second-order valence-electron chi connectivity index (χ2n) is 4.76. The van der Waals surface area contributed by atoms with Gasteiger partial charge in [0.1, 0.15) is 5.75 Å². The van der Waals surface area contributed by atoms with Crippen LogP contribution < -0.4 is 16.0 Å². The lowest BCUT2D eigenvalue weighted by Crippen LogP contribution is -2.29. The Balaban J connectivity index is 1.96. The Morgan fingerprint density at radius 1 is 1.33 bits per heavy atom. The summed E-state index contributed by atoms with van der Waals surface area (Å²) in [4.78, 5) is 15.4. The number of rotatable bonds is 6. The van der Waals surface area contributed by atoms with Crippen LogP contribution >= 0.6 is 11.3 Å². The molecule has 0 saturated carbocycles. The van der Waals surface area contributed by atoms with Crippen molar-refractivity contribution < 1.29 is 9.53 Å². The van der Waals surface area contributed by atoms with E-state index in [2.05, 4.69) is 16.4 Å². The van der Waals surface area contributed by atoms with E-state index < -0.39 is 0 Å². The lowest BCUT2D eigenvalue weighted by molar-refractivity contribution is 0.0957. The topological polar surface area (TPSA) is 67.6 Å². The molecule has 5 nitrogen and oxygen atoms in total. The number of ether oxygens (including phenoxy) is 1. The molecule has 0 saturated heterocycles. The quantitative estimate of drug-likeness (QED) is 0.486. The van der Waals surface area contributed by atoms with Gasteiger partial charge in [-0.15, -0.1) is 11.3 Å². The highest BCUT2D eigenvalue weighted by Gasteiger charge is 2.09. The van der Waals surface area contributed by atoms with Gasteiger partial charge in [-0.05, 0) is 36.9 Å². The van der Waals surface area contributed by atoms with Crippen molar-refractivity contribution in [2.75, 3.05) is 14.2 Å². The molecule has 0 atom stereocenters. The van der Waals surface area contributed by atoms with Gasteiger partial charge >= 0.3 is 0 Å². The number of nitrogen functional groups attached to an aromatic ring is 1. The third-order valence-electron chi connectivity index (χ3n) is 3.03. The first-order valence-corrected chi connectivity index (χ1v) is 7.35. The average Bonchev–Trinajstić information content (AvgIpc) is 2.94. The van der Waals surface area contributed by atoms with Crippen LogP contribution in [-0.2, 0) is 13.1 Å². The van der Waals surface area contributed by atoms with Crippen LogP contribution in [0.4, 0.5) is 0 Å². The fraction of sp³-hybridized carbons (Fsp3) is 0.267. The summed E-state index contributed by atoms with van der Waals surface area (Å²) in [6, 6.07) is 11.8. The molecule has 6 heteroatoms. The third-order valence-corrected chi connectivity index (χ3v) is 4.10. The molecule has 1 aromatic heterocycles. The van der Waals surface area contributed by atoms with E-state index in [0.29, 0.717) is 4.88 Å². The predicted molar refractivity (Wildman–Crippen MR) is 84.1 cm³/mol. The molecule has 3 N–H and O–H groups in total. The molecule has 21 heavy (non-hydrogen) atoms. The van der Waals surface area contributed by atoms with E-state index in [1.165, 1.54) is 16.9 Å². The average molecular weight is 305 g/mol. The first-order chi connectivity index (χ1) is 10.1. The summed E-state index contributed by atoms with van der Waals surface area (Å²) >= 11 is 1.45. The van der Waals surface area contributed by atoms with E-state index in [1.54, 1.807) is 13.2 Å². The van der Waals surface area contributed by atoms with Crippen molar-refractivity contribution >= 4 is 17.2 Å². The van der Waals surface area contributed by atoms with Crippen LogP contribution in [0.15, 0.2) is 36.4 Å². The Morgan fingerprint density at radius 3 is 2.86 bits per heavy atom. The Hall–Kier alpha value is -1.89. The van der Waals surface area contributed by atoms with Crippen LogP contribution in [0.25, 0.3) is 0 Å². The zero-order chi connectivity index (χ0) is 15.2. The molecule has 1 aromatic carbocycles. The van der Waals surface area contributed by atoms with E-state index in [0.717, 1.165) is 23.7 Å². The smallest absolute Gasteiger partial charge is 0.275 e. The number of nitrogens with zero attached hydrogens (tertiary/aromatic N) is 1. The van der Waals surface area contributed by atoms with E-state index in [9.17, 15) is 4.79 Å². The SMILES string of the molecule is COc1cccc(CN(C)Cc2ccc(C(=O)NN)s2)c1. The normalized spacial score (nSPS) is 10.7. The zero-order valence-electron chi connectivity index (χ0n) is 12.1. The van der Waals surface area contributed by atoms with Crippen molar-refractivity contribution in [1.29, 1.82) is 0 Å². The summed E-state index contributed by atoms with van der Waals surface area (Å²) in [5.41, 5.74) is 3.33. The van der Waals surface area contributed by atoms with Gasteiger partial charge in [0.25, 0.3) is 5.91 Å². The van der Waals surface area contributed by atoms with Crippen molar-refractivity contribution in [1.82, 2.24) is 10.3 Å². The van der Waals surface area contributed by atoms with E-state index in [-0.39, 0.29) is 5.91 Å². The molecule has 112 valence electrons. The van der Waals surface area contributed by atoms with Crippen LogP contribution in [0.3, 0.4) is 0 Å². The number of hydrogen-bond acceptors (Lipinski definition) is 5. The molecule has 0 radical (unpaired) electrons. The Bertz CT molecular complexity index is 612. The van der Waals surface area contributed by atoms with Crippen molar-refractivity contribution in [2.45, 2.75) is 13.1 Å². The second kappa shape index (κ2) is 7.21. The molecule has 2 rings (SSSR count). The minimum atomic E-state index is -0.248. The summed E-state index contributed by atoms with van der Waals surface area (Å²) in [7, 11) is 3.71. The Kier molecular flexibility index (Phi) is 5.32. The molecule has 1 amide bonds. The van der Waals surface area contributed by atoms with Crippen LogP contribution in [0.5, 0.6) is 5.75 Å². The van der Waals surface area contributed by atoms with Gasteiger partial charge in [0.05, 0.1) is 12.0 Å². The van der Waals surface area contributed by atoms with E-state index >= 15 is 0 Å². The number of nitrogens with one attached hydrogen (secondary N) is 1. The molecular formula is C15H19N3O2S. The highest BCUT2D eigenvalue weighted by molar-refractivity contribution is 7.14. The van der Waals surface area contributed by atoms with Crippen LogP contribution in [-0.4, -0.2) is 25.0 Å². The standard InChI is InChI=1S/C15H19N3O2S/c1-18(9-11-4-3-5-12(8-11)20-2)10-13-6-7-14(21-13)15(19)17-16/h3-8H,9-10,16H2,1-2H3,(H,17,19). The Labute approximate surface area is 128 Å². The number of nitrogens with two attached hydrogens (primary N) is 1. The molecule has 2 aromatic rings. The molecule has 0 aliphatic rings. The van der Waals surface area contributed by atoms with Gasteiger partial charge in [-0.2, -0.15) is 0 Å². The second-order valence-corrected chi connectivity index (χ2v) is 5.93. The maximum absolute atomic E-state index is 11.4. The van der Waals surface area contributed by atoms with Gasteiger partial charge in [0.15, 0.2) is 0 Å². The summed E-state index contributed by atoms with van der Waals surface area (Å²) < 4.78 is 5.22.